The van der Waals surface area contributed by atoms with E-state index in [1.54, 1.807) is 32.0 Å². The summed E-state index contributed by atoms with van der Waals surface area (Å²) in [5.41, 5.74) is 2.11. The molecule has 25 heavy (non-hydrogen) atoms. The Bertz CT molecular complexity index is 1050. The summed E-state index contributed by atoms with van der Waals surface area (Å²) in [6.45, 7) is 5.64. The minimum atomic E-state index is -3.43. The molecule has 1 unspecified atom stereocenters. The monoisotopic (exact) mass is 396 g/mol. The van der Waals surface area contributed by atoms with Gasteiger partial charge in [0.1, 0.15) is 16.0 Å². The molecule has 1 aromatic carbocycles. The lowest BCUT2D eigenvalue weighted by molar-refractivity contribution is 0.0527. The van der Waals surface area contributed by atoms with Crippen LogP contribution in [0.5, 0.6) is 0 Å². The van der Waals surface area contributed by atoms with Crippen LogP contribution in [0.2, 0.25) is 0 Å². The number of thiophene rings is 1. The Morgan fingerprint density at radius 2 is 2.12 bits per heavy atom. The Balaban J connectivity index is 2.06. The molecular formula is C15H16N4O3S3. The molecule has 0 aliphatic heterocycles. The largest absolute Gasteiger partial charge is 0.462 e. The van der Waals surface area contributed by atoms with Gasteiger partial charge in [-0.3, -0.25) is 4.72 Å². The molecule has 0 fully saturated rings. The van der Waals surface area contributed by atoms with Crippen molar-refractivity contribution in [2.75, 3.05) is 11.3 Å². The number of carbonyl (C=O) groups excluding carboxylic acids is 1. The molecular weight excluding hydrogens is 380 g/mol. The molecule has 3 aromatic rings. The Kier molecular flexibility index (Phi) is 4.76. The molecule has 3 rings (SSSR count). The van der Waals surface area contributed by atoms with Gasteiger partial charge in [0, 0.05) is 4.88 Å². The van der Waals surface area contributed by atoms with Crippen molar-refractivity contribution in [2.45, 2.75) is 25.7 Å². The Morgan fingerprint density at radius 3 is 2.84 bits per heavy atom. The lowest BCUT2D eigenvalue weighted by Gasteiger charge is -2.11. The minimum absolute atomic E-state index is 0.243. The SMILES string of the molecule is CCOC(=O)c1c(NS(=N)(=O)c2cccc3nsnc23)sc(C)c1C. The van der Waals surface area contributed by atoms with Gasteiger partial charge in [0.25, 0.3) is 0 Å². The van der Waals surface area contributed by atoms with E-state index in [1.165, 1.54) is 11.3 Å². The number of anilines is 1. The number of hydrogen-bond acceptors (Lipinski definition) is 8. The molecule has 0 saturated carbocycles. The van der Waals surface area contributed by atoms with Gasteiger partial charge in [0.05, 0.1) is 28.8 Å². The van der Waals surface area contributed by atoms with Crippen LogP contribution in [0.25, 0.3) is 11.0 Å². The van der Waals surface area contributed by atoms with Crippen LogP contribution < -0.4 is 4.72 Å². The number of carbonyl (C=O) groups is 1. The van der Waals surface area contributed by atoms with Gasteiger partial charge in [-0.05, 0) is 38.5 Å². The second kappa shape index (κ2) is 6.70. The zero-order chi connectivity index (χ0) is 18.2. The summed E-state index contributed by atoms with van der Waals surface area (Å²) in [5.74, 6) is -0.490. The van der Waals surface area contributed by atoms with Gasteiger partial charge >= 0.3 is 5.97 Å². The van der Waals surface area contributed by atoms with E-state index >= 15 is 0 Å². The third kappa shape index (κ3) is 3.24. The maximum Gasteiger partial charge on any atom is 0.341 e. The fourth-order valence-corrected chi connectivity index (χ4v) is 5.54. The number of nitrogens with zero attached hydrogens (tertiary/aromatic N) is 2. The summed E-state index contributed by atoms with van der Waals surface area (Å²) < 4.78 is 37.5. The lowest BCUT2D eigenvalue weighted by Crippen LogP contribution is -2.14. The van der Waals surface area contributed by atoms with Crippen LogP contribution in [-0.4, -0.2) is 25.5 Å². The summed E-state index contributed by atoms with van der Waals surface area (Å²) >= 11 is 2.28. The number of esters is 1. The van der Waals surface area contributed by atoms with E-state index < -0.39 is 15.9 Å². The summed E-state index contributed by atoms with van der Waals surface area (Å²) in [7, 11) is -3.43. The molecule has 0 radical (unpaired) electrons. The van der Waals surface area contributed by atoms with Gasteiger partial charge in [-0.25, -0.2) is 13.8 Å². The molecule has 10 heteroatoms. The third-order valence-electron chi connectivity index (χ3n) is 3.66. The predicted octanol–water partition coefficient (Wildman–Crippen LogP) is 3.98. The first-order valence-electron chi connectivity index (χ1n) is 7.40. The summed E-state index contributed by atoms with van der Waals surface area (Å²) in [6, 6.07) is 5.02. The van der Waals surface area contributed by atoms with E-state index in [0.29, 0.717) is 21.6 Å². The molecule has 0 spiro atoms. The average molecular weight is 397 g/mol. The Labute approximate surface area is 153 Å². The van der Waals surface area contributed by atoms with Gasteiger partial charge in [0.15, 0.2) is 9.92 Å². The van der Waals surface area contributed by atoms with Crippen LogP contribution in [0, 0.1) is 18.6 Å². The number of fused-ring (bicyclic) bond motifs is 1. The maximum atomic E-state index is 13.1. The highest BCUT2D eigenvalue weighted by Gasteiger charge is 2.24. The molecule has 1 atom stereocenters. The zero-order valence-corrected chi connectivity index (χ0v) is 16.2. The molecule has 2 N–H and O–H groups in total. The number of rotatable bonds is 5. The van der Waals surface area contributed by atoms with Crippen molar-refractivity contribution >= 4 is 55.0 Å². The lowest BCUT2D eigenvalue weighted by atomic mass is 10.2. The van der Waals surface area contributed by atoms with Crippen molar-refractivity contribution in [3.8, 4) is 0 Å². The summed E-state index contributed by atoms with van der Waals surface area (Å²) in [6.07, 6.45) is 0. The molecule has 0 aliphatic carbocycles. The van der Waals surface area contributed by atoms with Crippen LogP contribution >= 0.6 is 23.1 Å². The van der Waals surface area contributed by atoms with Crippen LogP contribution in [0.4, 0.5) is 5.00 Å². The highest BCUT2D eigenvalue weighted by Crippen LogP contribution is 2.35. The second-order valence-corrected chi connectivity index (χ2v) is 8.76. The number of nitrogens with one attached hydrogen (secondary N) is 2. The van der Waals surface area contributed by atoms with E-state index in [-0.39, 0.29) is 11.5 Å². The number of aryl methyl sites for hydroxylation is 1. The molecule has 7 nitrogen and oxygen atoms in total. The van der Waals surface area contributed by atoms with E-state index in [0.717, 1.165) is 22.2 Å². The number of hydrogen-bond donors (Lipinski definition) is 2. The quantitative estimate of drug-likeness (QED) is 0.635. The van der Waals surface area contributed by atoms with Crippen molar-refractivity contribution in [3.05, 3.63) is 34.2 Å². The highest BCUT2D eigenvalue weighted by molar-refractivity contribution is 7.94. The Hall–Kier alpha value is -2.04. The van der Waals surface area contributed by atoms with Crippen LogP contribution in [0.15, 0.2) is 23.1 Å². The molecule has 0 bridgehead atoms. The summed E-state index contributed by atoms with van der Waals surface area (Å²) in [5, 5.41) is 0.369. The van der Waals surface area contributed by atoms with Crippen LogP contribution in [0.3, 0.4) is 0 Å². The predicted molar refractivity (Wildman–Crippen MR) is 99.9 cm³/mol. The van der Waals surface area contributed by atoms with Crippen molar-refractivity contribution in [1.82, 2.24) is 8.75 Å². The third-order valence-corrected chi connectivity index (χ3v) is 6.89. The number of ether oxygens (including phenoxy) is 1. The number of benzene rings is 1. The molecule has 0 amide bonds. The first-order valence-corrected chi connectivity index (χ1v) is 10.5. The maximum absolute atomic E-state index is 13.1. The smallest absolute Gasteiger partial charge is 0.341 e. The van der Waals surface area contributed by atoms with Gasteiger partial charge in [-0.15, -0.1) is 11.3 Å². The highest BCUT2D eigenvalue weighted by atomic mass is 32.2. The molecule has 0 saturated heterocycles. The second-order valence-electron chi connectivity index (χ2n) is 5.25. The van der Waals surface area contributed by atoms with Crippen LogP contribution in [0.1, 0.15) is 27.7 Å². The molecule has 0 aliphatic rings. The zero-order valence-electron chi connectivity index (χ0n) is 13.8. The molecule has 2 aromatic heterocycles. The topological polar surface area (TPSA) is 105 Å². The van der Waals surface area contributed by atoms with Crippen molar-refractivity contribution in [2.24, 2.45) is 0 Å². The normalized spacial score (nSPS) is 13.6. The summed E-state index contributed by atoms with van der Waals surface area (Å²) in [4.78, 5) is 13.4. The fourth-order valence-electron chi connectivity index (χ4n) is 2.35. The van der Waals surface area contributed by atoms with Crippen molar-refractivity contribution in [1.29, 1.82) is 4.78 Å². The van der Waals surface area contributed by atoms with E-state index in [1.807, 2.05) is 6.92 Å². The van der Waals surface area contributed by atoms with Crippen molar-refractivity contribution in [3.63, 3.8) is 0 Å². The van der Waals surface area contributed by atoms with E-state index in [4.69, 9.17) is 9.52 Å². The van der Waals surface area contributed by atoms with E-state index in [2.05, 4.69) is 13.5 Å². The Morgan fingerprint density at radius 1 is 1.36 bits per heavy atom. The average Bonchev–Trinajstić information content (AvgIpc) is 3.12. The van der Waals surface area contributed by atoms with Gasteiger partial charge in [-0.1, -0.05) is 6.07 Å². The minimum Gasteiger partial charge on any atom is -0.462 e. The molecule has 2 heterocycles. The number of aromatic nitrogens is 2. The van der Waals surface area contributed by atoms with Gasteiger partial charge in [0.2, 0.25) is 0 Å². The van der Waals surface area contributed by atoms with Crippen molar-refractivity contribution < 1.29 is 13.7 Å². The van der Waals surface area contributed by atoms with E-state index in [9.17, 15) is 9.00 Å². The molecule has 132 valence electrons. The van der Waals surface area contributed by atoms with Crippen LogP contribution in [-0.2, 0) is 14.7 Å². The standard InChI is InChI=1S/C15H16N4O3S3/c1-4-22-15(20)12-8(2)9(3)23-14(12)19-25(16,21)11-7-5-6-10-13(11)18-24-17-10/h5-7H,4H2,1-3H3,(H2,16,19,21). The first-order chi connectivity index (χ1) is 11.8. The fraction of sp³-hybridized carbons (Fsp3) is 0.267. The first kappa shape index (κ1) is 17.8. The van der Waals surface area contributed by atoms with Gasteiger partial charge in [-0.2, -0.15) is 8.75 Å². The van der Waals surface area contributed by atoms with Gasteiger partial charge < -0.3 is 4.74 Å².